The molecule has 0 unspecified atom stereocenters. The summed E-state index contributed by atoms with van der Waals surface area (Å²) in [4.78, 5) is 19.0. The summed E-state index contributed by atoms with van der Waals surface area (Å²) < 4.78 is 11.2. The number of hydrogen-bond donors (Lipinski definition) is 0. The van der Waals surface area contributed by atoms with E-state index in [2.05, 4.69) is 4.98 Å². The average Bonchev–Trinajstić information content (AvgIpc) is 2.66. The highest BCUT2D eigenvalue weighted by atomic mass is 35.5. The molecule has 2 heterocycles. The number of ether oxygens (including phenoxy) is 2. The van der Waals surface area contributed by atoms with E-state index in [0.29, 0.717) is 36.2 Å². The number of carbonyl (C=O) groups excluding carboxylic acids is 1. The van der Waals surface area contributed by atoms with Crippen LogP contribution in [0.25, 0.3) is 0 Å². The van der Waals surface area contributed by atoms with Gasteiger partial charge >= 0.3 is 0 Å². The maximum atomic E-state index is 13.0. The summed E-state index contributed by atoms with van der Waals surface area (Å²) in [5.41, 5.74) is 2.37. The van der Waals surface area contributed by atoms with Crippen molar-refractivity contribution >= 4 is 23.2 Å². The summed E-state index contributed by atoms with van der Waals surface area (Å²) >= 11 is 6.33. The molecule has 1 aromatic heterocycles. The van der Waals surface area contributed by atoms with Crippen molar-refractivity contribution < 1.29 is 14.3 Å². The number of aryl methyl sites for hydroxylation is 1. The molecule has 1 amide bonds. The standard InChI is InChI=1S/C20H23ClN2O3/c1-3-23(18-7-5-4-6-14(18)2)20(24)15-12-17(21)19(22-13-15)26-16-8-10-25-11-9-16/h4-7,12-13,16H,3,8-11H2,1-2H3. The summed E-state index contributed by atoms with van der Waals surface area (Å²) in [5, 5.41) is 0.350. The Bertz CT molecular complexity index is 775. The monoisotopic (exact) mass is 374 g/mol. The van der Waals surface area contributed by atoms with Gasteiger partial charge in [-0.2, -0.15) is 0 Å². The highest BCUT2D eigenvalue weighted by Crippen LogP contribution is 2.27. The van der Waals surface area contributed by atoms with E-state index in [1.165, 1.54) is 6.20 Å². The molecule has 0 atom stereocenters. The summed E-state index contributed by atoms with van der Waals surface area (Å²) in [6, 6.07) is 9.44. The first-order valence-electron chi connectivity index (χ1n) is 8.87. The minimum Gasteiger partial charge on any atom is -0.473 e. The lowest BCUT2D eigenvalue weighted by Crippen LogP contribution is -2.31. The average molecular weight is 375 g/mol. The topological polar surface area (TPSA) is 51.7 Å². The molecule has 1 aromatic carbocycles. The van der Waals surface area contributed by atoms with Gasteiger partial charge in [0.1, 0.15) is 11.1 Å². The smallest absolute Gasteiger partial charge is 0.259 e. The van der Waals surface area contributed by atoms with Crippen LogP contribution in [0, 0.1) is 6.92 Å². The van der Waals surface area contributed by atoms with Gasteiger partial charge in [-0.1, -0.05) is 29.8 Å². The van der Waals surface area contributed by atoms with Crippen molar-refractivity contribution in [2.24, 2.45) is 0 Å². The highest BCUT2D eigenvalue weighted by molar-refractivity contribution is 6.32. The fourth-order valence-corrected chi connectivity index (χ4v) is 3.24. The van der Waals surface area contributed by atoms with Crippen LogP contribution in [0.5, 0.6) is 5.88 Å². The van der Waals surface area contributed by atoms with Crippen molar-refractivity contribution in [2.75, 3.05) is 24.7 Å². The molecular weight excluding hydrogens is 352 g/mol. The van der Waals surface area contributed by atoms with Gasteiger partial charge in [0.25, 0.3) is 5.91 Å². The van der Waals surface area contributed by atoms with Crippen molar-refractivity contribution in [3.63, 3.8) is 0 Å². The van der Waals surface area contributed by atoms with E-state index in [0.717, 1.165) is 24.1 Å². The summed E-state index contributed by atoms with van der Waals surface area (Å²) in [6.45, 7) is 5.85. The van der Waals surface area contributed by atoms with Gasteiger partial charge in [0.2, 0.25) is 5.88 Å². The first-order chi connectivity index (χ1) is 12.6. The molecule has 0 bridgehead atoms. The number of rotatable bonds is 5. The van der Waals surface area contributed by atoms with Crippen molar-refractivity contribution in [2.45, 2.75) is 32.8 Å². The number of amides is 1. The Labute approximate surface area is 158 Å². The van der Waals surface area contributed by atoms with E-state index >= 15 is 0 Å². The summed E-state index contributed by atoms with van der Waals surface area (Å²) in [6.07, 6.45) is 3.21. The maximum Gasteiger partial charge on any atom is 0.259 e. The maximum absolute atomic E-state index is 13.0. The third-order valence-electron chi connectivity index (χ3n) is 4.47. The number of para-hydroxylation sites is 1. The summed E-state index contributed by atoms with van der Waals surface area (Å²) in [5.74, 6) is 0.239. The number of halogens is 1. The lowest BCUT2D eigenvalue weighted by atomic mass is 10.1. The fraction of sp³-hybridized carbons (Fsp3) is 0.400. The summed E-state index contributed by atoms with van der Waals surface area (Å²) in [7, 11) is 0. The van der Waals surface area contributed by atoms with Crippen LogP contribution >= 0.6 is 11.6 Å². The minimum absolute atomic E-state index is 0.0504. The lowest BCUT2D eigenvalue weighted by Gasteiger charge is -2.24. The molecule has 1 aliphatic heterocycles. The largest absolute Gasteiger partial charge is 0.473 e. The number of aromatic nitrogens is 1. The second-order valence-electron chi connectivity index (χ2n) is 6.28. The normalized spacial score (nSPS) is 14.9. The molecule has 0 spiro atoms. The van der Waals surface area contributed by atoms with Gasteiger partial charge in [0.05, 0.1) is 18.8 Å². The molecule has 0 N–H and O–H groups in total. The predicted molar refractivity (Wildman–Crippen MR) is 102 cm³/mol. The molecule has 0 aliphatic carbocycles. The number of benzene rings is 1. The van der Waals surface area contributed by atoms with Crippen LogP contribution in [0.1, 0.15) is 35.7 Å². The van der Waals surface area contributed by atoms with Crippen LogP contribution in [0.3, 0.4) is 0 Å². The second-order valence-corrected chi connectivity index (χ2v) is 6.68. The molecular formula is C20H23ClN2O3. The van der Waals surface area contributed by atoms with Crippen molar-refractivity contribution in [1.82, 2.24) is 4.98 Å². The van der Waals surface area contributed by atoms with E-state index < -0.39 is 0 Å². The van der Waals surface area contributed by atoms with Gasteiger partial charge in [-0.15, -0.1) is 0 Å². The minimum atomic E-state index is -0.131. The molecule has 26 heavy (non-hydrogen) atoms. The van der Waals surface area contributed by atoms with Gasteiger partial charge in [0.15, 0.2) is 0 Å². The third kappa shape index (κ3) is 4.17. The Balaban J connectivity index is 1.79. The molecule has 1 fully saturated rings. The number of carbonyl (C=O) groups is 1. The molecule has 138 valence electrons. The van der Waals surface area contributed by atoms with Gasteiger partial charge in [-0.25, -0.2) is 4.98 Å². The quantitative estimate of drug-likeness (QED) is 0.784. The van der Waals surface area contributed by atoms with Crippen molar-refractivity contribution in [3.05, 3.63) is 52.7 Å². The van der Waals surface area contributed by atoms with E-state index in [9.17, 15) is 4.79 Å². The van der Waals surface area contributed by atoms with Crippen LogP contribution in [0.2, 0.25) is 5.02 Å². The Morgan fingerprint density at radius 3 is 2.73 bits per heavy atom. The van der Waals surface area contributed by atoms with Crippen LogP contribution < -0.4 is 9.64 Å². The number of anilines is 1. The molecule has 5 nitrogen and oxygen atoms in total. The van der Waals surface area contributed by atoms with Crippen LogP contribution in [-0.2, 0) is 4.74 Å². The molecule has 0 radical (unpaired) electrons. The van der Waals surface area contributed by atoms with E-state index in [1.807, 2.05) is 38.1 Å². The number of hydrogen-bond acceptors (Lipinski definition) is 4. The highest BCUT2D eigenvalue weighted by Gasteiger charge is 2.21. The van der Waals surface area contributed by atoms with Crippen molar-refractivity contribution in [3.8, 4) is 5.88 Å². The van der Waals surface area contributed by atoms with Crippen molar-refractivity contribution in [1.29, 1.82) is 0 Å². The molecule has 6 heteroatoms. The zero-order valence-corrected chi connectivity index (χ0v) is 15.8. The zero-order valence-electron chi connectivity index (χ0n) is 15.1. The van der Waals surface area contributed by atoms with Gasteiger partial charge in [-0.05, 0) is 31.5 Å². The number of nitrogens with zero attached hydrogens (tertiary/aromatic N) is 2. The predicted octanol–water partition coefficient (Wildman–Crippen LogP) is 4.27. The lowest BCUT2D eigenvalue weighted by molar-refractivity contribution is 0.0238. The third-order valence-corrected chi connectivity index (χ3v) is 4.74. The van der Waals surface area contributed by atoms with E-state index in [1.54, 1.807) is 11.0 Å². The second kappa shape index (κ2) is 8.52. The van der Waals surface area contributed by atoms with E-state index in [4.69, 9.17) is 21.1 Å². The SMILES string of the molecule is CCN(C(=O)c1cnc(OC2CCOCC2)c(Cl)c1)c1ccccc1C. The van der Waals surface area contributed by atoms with Crippen LogP contribution in [0.15, 0.2) is 36.5 Å². The molecule has 2 aromatic rings. The Hall–Kier alpha value is -2.11. The van der Waals surface area contributed by atoms with Gasteiger partial charge in [0, 0.05) is 31.3 Å². The number of pyridine rings is 1. The molecule has 1 saturated heterocycles. The van der Waals surface area contributed by atoms with E-state index in [-0.39, 0.29) is 12.0 Å². The Morgan fingerprint density at radius 1 is 1.35 bits per heavy atom. The molecule has 1 aliphatic rings. The fourth-order valence-electron chi connectivity index (χ4n) is 3.03. The van der Waals surface area contributed by atoms with Crippen LogP contribution in [0.4, 0.5) is 5.69 Å². The molecule has 0 saturated carbocycles. The first-order valence-corrected chi connectivity index (χ1v) is 9.25. The van der Waals surface area contributed by atoms with Gasteiger partial charge in [-0.3, -0.25) is 4.79 Å². The van der Waals surface area contributed by atoms with Crippen LogP contribution in [-0.4, -0.2) is 36.8 Å². The Morgan fingerprint density at radius 2 is 2.08 bits per heavy atom. The molecule has 3 rings (SSSR count). The Kier molecular flexibility index (Phi) is 6.12. The van der Waals surface area contributed by atoms with Gasteiger partial charge < -0.3 is 14.4 Å². The first kappa shape index (κ1) is 18.7. The zero-order chi connectivity index (χ0) is 18.5.